The number of nitrogens with zero attached hydrogens (tertiary/aromatic N) is 2. The highest BCUT2D eigenvalue weighted by Crippen LogP contribution is 2.12. The summed E-state index contributed by atoms with van der Waals surface area (Å²) in [7, 11) is -0.139. The molecule has 1 aromatic heterocycles. The molecule has 0 aliphatic rings. The van der Waals surface area contributed by atoms with Crippen LogP contribution in [-0.4, -0.2) is 44.9 Å². The molecular weight excluding hydrogens is 264 g/mol. The second-order valence-corrected chi connectivity index (χ2v) is 6.33. The summed E-state index contributed by atoms with van der Waals surface area (Å²) in [6, 6.07) is 3.61. The first-order valence-electron chi connectivity index (χ1n) is 6.19. The van der Waals surface area contributed by atoms with Gasteiger partial charge in [-0.15, -0.1) is 0 Å². The third kappa shape index (κ3) is 5.14. The molecule has 0 saturated heterocycles. The second-order valence-electron chi connectivity index (χ2n) is 4.56. The normalized spacial score (nSPS) is 11.8. The average molecular weight is 286 g/mol. The number of aryl methyl sites for hydroxylation is 2. The van der Waals surface area contributed by atoms with E-state index in [-0.39, 0.29) is 0 Å². The van der Waals surface area contributed by atoms with Crippen molar-refractivity contribution in [1.29, 1.82) is 0 Å². The Labute approximate surface area is 115 Å². The minimum atomic E-state index is -3.53. The zero-order valence-electron chi connectivity index (χ0n) is 11.9. The first-order valence-corrected chi connectivity index (χ1v) is 7.63. The highest BCUT2D eigenvalue weighted by molar-refractivity contribution is 7.90. The first-order chi connectivity index (χ1) is 8.85. The standard InChI is InChI=1S/C12H22N4O2S/c1-10-8-11(2)14-12(9-10)15-19(17,18)16(4)7-5-6-13-3/h8-9,13H,5-7H2,1-4H3,(H,14,15). The number of rotatable bonds is 7. The predicted octanol–water partition coefficient (Wildman–Crippen LogP) is 0.896. The van der Waals surface area contributed by atoms with E-state index in [2.05, 4.69) is 15.0 Å². The quantitative estimate of drug-likeness (QED) is 0.730. The number of hydrogen-bond acceptors (Lipinski definition) is 4. The van der Waals surface area contributed by atoms with Crippen LogP contribution in [0.25, 0.3) is 0 Å². The molecule has 0 aliphatic heterocycles. The predicted molar refractivity (Wildman–Crippen MR) is 77.4 cm³/mol. The van der Waals surface area contributed by atoms with E-state index in [1.807, 2.05) is 27.0 Å². The van der Waals surface area contributed by atoms with Gasteiger partial charge in [0, 0.05) is 19.3 Å². The average Bonchev–Trinajstić information content (AvgIpc) is 2.26. The van der Waals surface area contributed by atoms with Gasteiger partial charge in [0.15, 0.2) is 0 Å². The van der Waals surface area contributed by atoms with Crippen molar-refractivity contribution in [2.24, 2.45) is 0 Å². The smallest absolute Gasteiger partial charge is 0.302 e. The van der Waals surface area contributed by atoms with Gasteiger partial charge in [-0.05, 0) is 51.6 Å². The fourth-order valence-corrected chi connectivity index (χ4v) is 2.60. The van der Waals surface area contributed by atoms with Gasteiger partial charge < -0.3 is 5.32 Å². The molecule has 0 aromatic carbocycles. The number of aromatic nitrogens is 1. The lowest BCUT2D eigenvalue weighted by molar-refractivity contribution is 0.462. The van der Waals surface area contributed by atoms with Crippen molar-refractivity contribution < 1.29 is 8.42 Å². The largest absolute Gasteiger partial charge is 0.320 e. The monoisotopic (exact) mass is 286 g/mol. The Morgan fingerprint density at radius 2 is 2.00 bits per heavy atom. The molecular formula is C12H22N4O2S. The van der Waals surface area contributed by atoms with Gasteiger partial charge in [-0.25, -0.2) is 4.98 Å². The first kappa shape index (κ1) is 15.9. The van der Waals surface area contributed by atoms with E-state index >= 15 is 0 Å². The second kappa shape index (κ2) is 6.83. The summed E-state index contributed by atoms with van der Waals surface area (Å²) in [4.78, 5) is 4.17. The van der Waals surface area contributed by atoms with Crippen molar-refractivity contribution in [2.45, 2.75) is 20.3 Å². The molecule has 19 heavy (non-hydrogen) atoms. The maximum atomic E-state index is 12.1. The molecule has 108 valence electrons. The lowest BCUT2D eigenvalue weighted by Crippen LogP contribution is -2.34. The summed E-state index contributed by atoms with van der Waals surface area (Å²) >= 11 is 0. The van der Waals surface area contributed by atoms with Crippen LogP contribution in [0.15, 0.2) is 12.1 Å². The van der Waals surface area contributed by atoms with Crippen molar-refractivity contribution in [2.75, 3.05) is 31.9 Å². The van der Waals surface area contributed by atoms with Crippen LogP contribution in [0.4, 0.5) is 5.82 Å². The number of anilines is 1. The van der Waals surface area contributed by atoms with Gasteiger partial charge in [-0.1, -0.05) is 0 Å². The molecule has 1 aromatic rings. The number of nitrogens with one attached hydrogen (secondary N) is 2. The molecule has 0 radical (unpaired) electrons. The zero-order valence-corrected chi connectivity index (χ0v) is 12.7. The minimum absolute atomic E-state index is 0.359. The van der Waals surface area contributed by atoms with E-state index in [1.54, 1.807) is 13.1 Å². The van der Waals surface area contributed by atoms with E-state index in [1.165, 1.54) is 4.31 Å². The molecule has 6 nitrogen and oxygen atoms in total. The van der Waals surface area contributed by atoms with Crippen molar-refractivity contribution in [3.63, 3.8) is 0 Å². The van der Waals surface area contributed by atoms with Gasteiger partial charge in [0.1, 0.15) is 5.82 Å². The molecule has 1 heterocycles. The molecule has 0 atom stereocenters. The molecule has 7 heteroatoms. The van der Waals surface area contributed by atoms with Gasteiger partial charge in [0.25, 0.3) is 0 Å². The van der Waals surface area contributed by atoms with Crippen LogP contribution in [0.3, 0.4) is 0 Å². The van der Waals surface area contributed by atoms with E-state index in [0.717, 1.165) is 24.2 Å². The fourth-order valence-electron chi connectivity index (χ4n) is 1.70. The van der Waals surface area contributed by atoms with Crippen molar-refractivity contribution in [3.8, 4) is 0 Å². The Balaban J connectivity index is 2.72. The Kier molecular flexibility index (Phi) is 5.71. The zero-order chi connectivity index (χ0) is 14.5. The Morgan fingerprint density at radius 3 is 2.58 bits per heavy atom. The van der Waals surface area contributed by atoms with E-state index in [0.29, 0.717) is 12.4 Å². The van der Waals surface area contributed by atoms with E-state index < -0.39 is 10.2 Å². The van der Waals surface area contributed by atoms with Crippen molar-refractivity contribution >= 4 is 16.0 Å². The highest BCUT2D eigenvalue weighted by Gasteiger charge is 2.17. The summed E-state index contributed by atoms with van der Waals surface area (Å²) in [5, 5.41) is 2.98. The van der Waals surface area contributed by atoms with Crippen molar-refractivity contribution in [1.82, 2.24) is 14.6 Å². The summed E-state index contributed by atoms with van der Waals surface area (Å²) < 4.78 is 27.9. The van der Waals surface area contributed by atoms with Crippen LogP contribution in [0.5, 0.6) is 0 Å². The number of hydrogen-bond donors (Lipinski definition) is 2. The summed E-state index contributed by atoms with van der Waals surface area (Å²) in [6.07, 6.45) is 0.758. The summed E-state index contributed by atoms with van der Waals surface area (Å²) in [6.45, 7) is 4.98. The topological polar surface area (TPSA) is 74.3 Å². The van der Waals surface area contributed by atoms with E-state index in [4.69, 9.17) is 0 Å². The van der Waals surface area contributed by atoms with Crippen LogP contribution in [0.1, 0.15) is 17.7 Å². The van der Waals surface area contributed by atoms with Gasteiger partial charge in [0.05, 0.1) is 0 Å². The SMILES string of the molecule is CNCCCN(C)S(=O)(=O)Nc1cc(C)cc(C)n1. The lowest BCUT2D eigenvalue weighted by atomic mass is 10.2. The van der Waals surface area contributed by atoms with Gasteiger partial charge in [-0.3, -0.25) is 4.72 Å². The summed E-state index contributed by atoms with van der Waals surface area (Å²) in [5.41, 5.74) is 1.76. The maximum Gasteiger partial charge on any atom is 0.302 e. The molecule has 0 unspecified atom stereocenters. The Hall–Kier alpha value is -1.18. The van der Waals surface area contributed by atoms with Crippen LogP contribution in [0.2, 0.25) is 0 Å². The van der Waals surface area contributed by atoms with Gasteiger partial charge in [-0.2, -0.15) is 12.7 Å². The molecule has 0 spiro atoms. The molecule has 2 N–H and O–H groups in total. The van der Waals surface area contributed by atoms with Crippen LogP contribution in [0, 0.1) is 13.8 Å². The maximum absolute atomic E-state index is 12.1. The molecule has 0 amide bonds. The highest BCUT2D eigenvalue weighted by atomic mass is 32.2. The third-order valence-corrected chi connectivity index (χ3v) is 4.11. The van der Waals surface area contributed by atoms with E-state index in [9.17, 15) is 8.42 Å². The van der Waals surface area contributed by atoms with Crippen LogP contribution >= 0.6 is 0 Å². The Bertz CT molecular complexity index is 496. The van der Waals surface area contributed by atoms with Crippen LogP contribution < -0.4 is 10.0 Å². The van der Waals surface area contributed by atoms with Gasteiger partial charge >= 0.3 is 10.2 Å². The van der Waals surface area contributed by atoms with Crippen LogP contribution in [-0.2, 0) is 10.2 Å². The molecule has 0 fully saturated rings. The number of pyridine rings is 1. The van der Waals surface area contributed by atoms with Gasteiger partial charge in [0.2, 0.25) is 0 Å². The molecule has 0 bridgehead atoms. The van der Waals surface area contributed by atoms with Crippen molar-refractivity contribution in [3.05, 3.63) is 23.4 Å². The molecule has 1 rings (SSSR count). The Morgan fingerprint density at radius 1 is 1.32 bits per heavy atom. The summed E-state index contributed by atoms with van der Waals surface area (Å²) in [5.74, 6) is 0.359. The fraction of sp³-hybridized carbons (Fsp3) is 0.583. The lowest BCUT2D eigenvalue weighted by Gasteiger charge is -2.18. The molecule has 0 saturated carbocycles. The minimum Gasteiger partial charge on any atom is -0.320 e. The third-order valence-electron chi connectivity index (χ3n) is 2.64. The molecule has 0 aliphatic carbocycles.